The standard InChI is InChI=1S/C11H23NO/c1-3-10(4-2)9-11(13)7-5-6-8-12/h10H,3-9,12H2,1-2H3. The van der Waals surface area contributed by atoms with Crippen LogP contribution in [0.5, 0.6) is 0 Å². The minimum atomic E-state index is 0.419. The Kier molecular flexibility index (Phi) is 8.00. The van der Waals surface area contributed by atoms with Crippen LogP contribution in [0.4, 0.5) is 0 Å². The normalized spacial score (nSPS) is 10.8. The van der Waals surface area contributed by atoms with Gasteiger partial charge in [-0.05, 0) is 25.3 Å². The second-order valence-electron chi connectivity index (χ2n) is 3.67. The van der Waals surface area contributed by atoms with E-state index in [2.05, 4.69) is 13.8 Å². The number of carbonyl (C=O) groups excluding carboxylic acids is 1. The van der Waals surface area contributed by atoms with E-state index in [0.29, 0.717) is 18.2 Å². The number of carbonyl (C=O) groups is 1. The summed E-state index contributed by atoms with van der Waals surface area (Å²) < 4.78 is 0. The number of unbranched alkanes of at least 4 members (excludes halogenated alkanes) is 1. The van der Waals surface area contributed by atoms with Crippen LogP contribution in [0.1, 0.15) is 52.4 Å². The zero-order valence-electron chi connectivity index (χ0n) is 9.01. The van der Waals surface area contributed by atoms with Gasteiger partial charge in [-0.3, -0.25) is 4.79 Å². The van der Waals surface area contributed by atoms with Gasteiger partial charge in [-0.15, -0.1) is 0 Å². The third-order valence-corrected chi connectivity index (χ3v) is 2.58. The molecule has 0 radical (unpaired) electrons. The molecule has 13 heavy (non-hydrogen) atoms. The molecule has 0 spiro atoms. The average Bonchev–Trinajstić information content (AvgIpc) is 2.14. The first kappa shape index (κ1) is 12.6. The van der Waals surface area contributed by atoms with E-state index in [9.17, 15) is 4.79 Å². The predicted octanol–water partition coefficient (Wildman–Crippen LogP) is 2.51. The summed E-state index contributed by atoms with van der Waals surface area (Å²) in [5.74, 6) is 1.02. The van der Waals surface area contributed by atoms with Crippen LogP contribution in [0, 0.1) is 5.92 Å². The highest BCUT2D eigenvalue weighted by atomic mass is 16.1. The van der Waals surface area contributed by atoms with Crippen LogP contribution in [-0.2, 0) is 4.79 Å². The molecule has 0 rings (SSSR count). The third-order valence-electron chi connectivity index (χ3n) is 2.58. The number of ketones is 1. The van der Waals surface area contributed by atoms with Gasteiger partial charge in [-0.1, -0.05) is 26.7 Å². The molecule has 0 aromatic carbocycles. The number of rotatable bonds is 8. The van der Waals surface area contributed by atoms with Gasteiger partial charge in [0.2, 0.25) is 0 Å². The summed E-state index contributed by atoms with van der Waals surface area (Å²) in [4.78, 5) is 11.4. The monoisotopic (exact) mass is 185 g/mol. The minimum absolute atomic E-state index is 0.419. The highest BCUT2D eigenvalue weighted by molar-refractivity contribution is 5.78. The Balaban J connectivity index is 3.48. The van der Waals surface area contributed by atoms with Crippen molar-refractivity contribution in [3.8, 4) is 0 Å². The Morgan fingerprint density at radius 1 is 1.23 bits per heavy atom. The van der Waals surface area contributed by atoms with Crippen molar-refractivity contribution in [3.63, 3.8) is 0 Å². The molecule has 0 aliphatic heterocycles. The SMILES string of the molecule is CCC(CC)CC(=O)CCCCN. The first-order chi connectivity index (χ1) is 6.24. The molecule has 0 aliphatic carbocycles. The molecule has 0 aliphatic rings. The molecule has 78 valence electrons. The fourth-order valence-corrected chi connectivity index (χ4v) is 1.47. The molecule has 0 saturated heterocycles. The fourth-order valence-electron chi connectivity index (χ4n) is 1.47. The maximum atomic E-state index is 11.4. The van der Waals surface area contributed by atoms with Gasteiger partial charge in [-0.25, -0.2) is 0 Å². The highest BCUT2D eigenvalue weighted by Gasteiger charge is 2.09. The zero-order valence-corrected chi connectivity index (χ0v) is 9.01. The van der Waals surface area contributed by atoms with E-state index < -0.39 is 0 Å². The van der Waals surface area contributed by atoms with Crippen LogP contribution < -0.4 is 5.73 Å². The first-order valence-electron chi connectivity index (χ1n) is 5.46. The van der Waals surface area contributed by atoms with Crippen molar-refractivity contribution in [3.05, 3.63) is 0 Å². The van der Waals surface area contributed by atoms with Gasteiger partial charge in [0.15, 0.2) is 0 Å². The van der Waals surface area contributed by atoms with Crippen LogP contribution >= 0.6 is 0 Å². The van der Waals surface area contributed by atoms with Crippen LogP contribution in [0.25, 0.3) is 0 Å². The van der Waals surface area contributed by atoms with Crippen molar-refractivity contribution in [1.29, 1.82) is 0 Å². The summed E-state index contributed by atoms with van der Waals surface area (Å²) in [6, 6.07) is 0. The third kappa shape index (κ3) is 6.76. The maximum Gasteiger partial charge on any atom is 0.133 e. The largest absolute Gasteiger partial charge is 0.330 e. The Bertz CT molecular complexity index is 130. The van der Waals surface area contributed by atoms with Crippen molar-refractivity contribution in [2.75, 3.05) is 6.54 Å². The average molecular weight is 185 g/mol. The number of nitrogens with two attached hydrogens (primary N) is 1. The lowest BCUT2D eigenvalue weighted by molar-refractivity contribution is -0.120. The number of hydrogen-bond donors (Lipinski definition) is 1. The van der Waals surface area contributed by atoms with Crippen LogP contribution in [-0.4, -0.2) is 12.3 Å². The second-order valence-corrected chi connectivity index (χ2v) is 3.67. The van der Waals surface area contributed by atoms with E-state index in [4.69, 9.17) is 5.73 Å². The number of hydrogen-bond acceptors (Lipinski definition) is 2. The molecule has 0 heterocycles. The fraction of sp³-hybridized carbons (Fsp3) is 0.909. The number of Topliss-reactive ketones (excluding diaryl/α,β-unsaturated/α-hetero) is 1. The summed E-state index contributed by atoms with van der Waals surface area (Å²) in [6.07, 6.45) is 5.70. The van der Waals surface area contributed by atoms with E-state index in [1.165, 1.54) is 0 Å². The van der Waals surface area contributed by atoms with E-state index in [-0.39, 0.29) is 0 Å². The Morgan fingerprint density at radius 3 is 2.31 bits per heavy atom. The van der Waals surface area contributed by atoms with Gasteiger partial charge in [-0.2, -0.15) is 0 Å². The lowest BCUT2D eigenvalue weighted by atomic mass is 9.95. The Morgan fingerprint density at radius 2 is 1.85 bits per heavy atom. The van der Waals surface area contributed by atoms with Crippen LogP contribution in [0.2, 0.25) is 0 Å². The lowest BCUT2D eigenvalue weighted by Gasteiger charge is -2.10. The molecule has 2 heteroatoms. The molecule has 0 bridgehead atoms. The van der Waals surface area contributed by atoms with Gasteiger partial charge in [0.05, 0.1) is 0 Å². The zero-order chi connectivity index (χ0) is 10.1. The minimum Gasteiger partial charge on any atom is -0.330 e. The van der Waals surface area contributed by atoms with Gasteiger partial charge >= 0.3 is 0 Å². The molecule has 0 saturated carbocycles. The molecular formula is C11H23NO. The Hall–Kier alpha value is -0.370. The van der Waals surface area contributed by atoms with Crippen LogP contribution in [0.15, 0.2) is 0 Å². The van der Waals surface area contributed by atoms with E-state index in [1.807, 2.05) is 0 Å². The summed E-state index contributed by atoms with van der Waals surface area (Å²) >= 11 is 0. The topological polar surface area (TPSA) is 43.1 Å². The van der Waals surface area contributed by atoms with Crippen molar-refractivity contribution >= 4 is 5.78 Å². The molecule has 0 fully saturated rings. The summed E-state index contributed by atoms with van der Waals surface area (Å²) in [5.41, 5.74) is 5.36. The predicted molar refractivity (Wildman–Crippen MR) is 56.6 cm³/mol. The summed E-state index contributed by atoms with van der Waals surface area (Å²) in [7, 11) is 0. The summed E-state index contributed by atoms with van der Waals surface area (Å²) in [5, 5.41) is 0. The van der Waals surface area contributed by atoms with Gasteiger partial charge < -0.3 is 5.73 Å². The maximum absolute atomic E-state index is 11.4. The van der Waals surface area contributed by atoms with Gasteiger partial charge in [0, 0.05) is 12.8 Å². The lowest BCUT2D eigenvalue weighted by Crippen LogP contribution is -2.07. The van der Waals surface area contributed by atoms with Crippen molar-refractivity contribution in [2.24, 2.45) is 11.7 Å². The molecule has 0 unspecified atom stereocenters. The van der Waals surface area contributed by atoms with Crippen molar-refractivity contribution in [2.45, 2.75) is 52.4 Å². The molecule has 0 atom stereocenters. The smallest absolute Gasteiger partial charge is 0.133 e. The highest BCUT2D eigenvalue weighted by Crippen LogP contribution is 2.14. The van der Waals surface area contributed by atoms with E-state index in [1.54, 1.807) is 0 Å². The molecular weight excluding hydrogens is 162 g/mol. The van der Waals surface area contributed by atoms with E-state index in [0.717, 1.165) is 38.5 Å². The molecule has 0 aromatic rings. The van der Waals surface area contributed by atoms with Crippen LogP contribution in [0.3, 0.4) is 0 Å². The summed E-state index contributed by atoms with van der Waals surface area (Å²) in [6.45, 7) is 5.01. The second kappa shape index (κ2) is 8.24. The molecule has 2 N–H and O–H groups in total. The quantitative estimate of drug-likeness (QED) is 0.590. The van der Waals surface area contributed by atoms with Gasteiger partial charge in [0.25, 0.3) is 0 Å². The first-order valence-corrected chi connectivity index (χ1v) is 5.46. The Labute approximate surface area is 81.9 Å². The van der Waals surface area contributed by atoms with E-state index >= 15 is 0 Å². The molecule has 0 amide bonds. The van der Waals surface area contributed by atoms with Crippen molar-refractivity contribution < 1.29 is 4.79 Å². The molecule has 2 nitrogen and oxygen atoms in total. The van der Waals surface area contributed by atoms with Gasteiger partial charge in [0.1, 0.15) is 5.78 Å². The molecule has 0 aromatic heterocycles. The van der Waals surface area contributed by atoms with Crippen molar-refractivity contribution in [1.82, 2.24) is 0 Å².